The van der Waals surface area contributed by atoms with Crippen molar-refractivity contribution in [3.8, 4) is 0 Å². The van der Waals surface area contributed by atoms with Crippen molar-refractivity contribution >= 4 is 5.97 Å². The minimum Gasteiger partial charge on any atom is -0.464 e. The average Bonchev–Trinajstić information content (AvgIpc) is 2.45. The van der Waals surface area contributed by atoms with Gasteiger partial charge in [-0.15, -0.1) is 0 Å². The maximum atomic E-state index is 13.1. The molecule has 0 radical (unpaired) electrons. The summed E-state index contributed by atoms with van der Waals surface area (Å²) in [5.41, 5.74) is -0.279. The van der Waals surface area contributed by atoms with Gasteiger partial charge in [0, 0.05) is 13.7 Å². The first kappa shape index (κ1) is 16.6. The van der Waals surface area contributed by atoms with Gasteiger partial charge in [0.15, 0.2) is 0 Å². The smallest absolute Gasteiger partial charge is 0.330 e. The summed E-state index contributed by atoms with van der Waals surface area (Å²) in [5.74, 6) is -0.690. The van der Waals surface area contributed by atoms with E-state index in [2.05, 4.69) is 5.32 Å². The Morgan fingerprint density at radius 3 is 2.45 bits per heavy atom. The number of halogens is 1. The van der Waals surface area contributed by atoms with Crippen molar-refractivity contribution in [2.45, 2.75) is 25.8 Å². The van der Waals surface area contributed by atoms with E-state index in [1.54, 1.807) is 26.2 Å². The van der Waals surface area contributed by atoms with Crippen LogP contribution in [0.3, 0.4) is 0 Å². The van der Waals surface area contributed by atoms with E-state index < -0.39 is 5.54 Å². The predicted molar refractivity (Wildman–Crippen MR) is 74.9 cm³/mol. The van der Waals surface area contributed by atoms with Crippen LogP contribution in [0.2, 0.25) is 0 Å². The summed E-state index contributed by atoms with van der Waals surface area (Å²) in [6.45, 7) is 4.93. The third-order valence-electron chi connectivity index (χ3n) is 3.22. The first-order valence-electron chi connectivity index (χ1n) is 6.78. The quantitative estimate of drug-likeness (QED) is 0.587. The Hall–Kier alpha value is -1.46. The first-order chi connectivity index (χ1) is 9.60. The molecule has 0 heterocycles. The first-order valence-corrected chi connectivity index (χ1v) is 6.78. The summed E-state index contributed by atoms with van der Waals surface area (Å²) in [7, 11) is 1.59. The summed E-state index contributed by atoms with van der Waals surface area (Å²) in [6, 6.07) is 5.90. The standard InChI is InChI=1S/C15H22FNO3/c1-4-15(14(18)20-5-2,17-10-11-19-3)12-6-8-13(16)9-7-12/h6-9,17H,4-5,10-11H2,1-3H3. The molecule has 0 saturated carbocycles. The van der Waals surface area contributed by atoms with Crippen molar-refractivity contribution in [3.63, 3.8) is 0 Å². The van der Waals surface area contributed by atoms with Gasteiger partial charge < -0.3 is 9.47 Å². The third-order valence-corrected chi connectivity index (χ3v) is 3.22. The molecule has 0 aliphatic rings. The van der Waals surface area contributed by atoms with Gasteiger partial charge in [-0.2, -0.15) is 0 Å². The number of carbonyl (C=O) groups is 1. The SMILES string of the molecule is CCOC(=O)C(CC)(NCCOC)c1ccc(F)cc1. The van der Waals surface area contributed by atoms with E-state index >= 15 is 0 Å². The molecule has 1 atom stereocenters. The highest BCUT2D eigenvalue weighted by Gasteiger charge is 2.39. The van der Waals surface area contributed by atoms with Gasteiger partial charge >= 0.3 is 5.97 Å². The molecule has 1 N–H and O–H groups in total. The van der Waals surface area contributed by atoms with Crippen LogP contribution < -0.4 is 5.32 Å². The second-order valence-electron chi connectivity index (χ2n) is 4.41. The van der Waals surface area contributed by atoms with Crippen LogP contribution in [-0.4, -0.2) is 32.8 Å². The minimum absolute atomic E-state index is 0.299. The van der Waals surface area contributed by atoms with Gasteiger partial charge in [0.2, 0.25) is 0 Å². The highest BCUT2D eigenvalue weighted by molar-refractivity contribution is 5.82. The van der Waals surface area contributed by atoms with Crippen LogP contribution in [0.5, 0.6) is 0 Å². The summed E-state index contributed by atoms with van der Waals surface area (Å²) in [5, 5.41) is 3.18. The lowest BCUT2D eigenvalue weighted by molar-refractivity contribution is -0.152. The number of nitrogens with one attached hydrogen (secondary N) is 1. The highest BCUT2D eigenvalue weighted by Crippen LogP contribution is 2.27. The van der Waals surface area contributed by atoms with Gasteiger partial charge in [0.05, 0.1) is 13.2 Å². The van der Waals surface area contributed by atoms with Crippen LogP contribution in [0.25, 0.3) is 0 Å². The maximum Gasteiger partial charge on any atom is 0.330 e. The van der Waals surface area contributed by atoms with Crippen molar-refractivity contribution in [2.75, 3.05) is 26.9 Å². The van der Waals surface area contributed by atoms with E-state index in [1.165, 1.54) is 12.1 Å². The molecule has 0 bridgehead atoms. The molecule has 1 aromatic carbocycles. The third kappa shape index (κ3) is 3.77. The molecule has 0 aliphatic heterocycles. The molecule has 0 aliphatic carbocycles. The van der Waals surface area contributed by atoms with Gasteiger partial charge in [0.1, 0.15) is 11.4 Å². The fraction of sp³-hybridized carbons (Fsp3) is 0.533. The molecule has 5 heteroatoms. The maximum absolute atomic E-state index is 13.1. The number of hydrogen-bond donors (Lipinski definition) is 1. The topological polar surface area (TPSA) is 47.6 Å². The summed E-state index contributed by atoms with van der Waals surface area (Å²) >= 11 is 0. The Balaban J connectivity index is 3.08. The Bertz CT molecular complexity index is 422. The zero-order valence-electron chi connectivity index (χ0n) is 12.2. The van der Waals surface area contributed by atoms with E-state index in [0.717, 1.165) is 0 Å². The number of ether oxygens (including phenoxy) is 2. The van der Waals surface area contributed by atoms with Crippen LogP contribution in [-0.2, 0) is 19.8 Å². The average molecular weight is 283 g/mol. The van der Waals surface area contributed by atoms with E-state index in [1.807, 2.05) is 6.92 Å². The number of rotatable bonds is 8. The van der Waals surface area contributed by atoms with Crippen molar-refractivity contribution in [3.05, 3.63) is 35.6 Å². The van der Waals surface area contributed by atoms with E-state index in [0.29, 0.717) is 31.7 Å². The lowest BCUT2D eigenvalue weighted by Crippen LogP contribution is -2.50. The van der Waals surface area contributed by atoms with Crippen LogP contribution in [0, 0.1) is 5.82 Å². The lowest BCUT2D eigenvalue weighted by Gasteiger charge is -2.32. The van der Waals surface area contributed by atoms with Crippen molar-refractivity contribution in [1.82, 2.24) is 5.32 Å². The van der Waals surface area contributed by atoms with Crippen LogP contribution in [0.4, 0.5) is 4.39 Å². The molecule has 0 aromatic heterocycles. The number of carbonyl (C=O) groups excluding carboxylic acids is 1. The number of hydrogen-bond acceptors (Lipinski definition) is 4. The second kappa shape index (κ2) is 7.97. The van der Waals surface area contributed by atoms with Gasteiger partial charge in [0.25, 0.3) is 0 Å². The molecule has 20 heavy (non-hydrogen) atoms. The van der Waals surface area contributed by atoms with Crippen LogP contribution >= 0.6 is 0 Å². The summed E-state index contributed by atoms with van der Waals surface area (Å²) in [6.07, 6.45) is 0.501. The molecule has 0 fully saturated rings. The van der Waals surface area contributed by atoms with Crippen molar-refractivity contribution in [2.24, 2.45) is 0 Å². The Labute approximate surface area is 119 Å². The molecule has 1 rings (SSSR count). The van der Waals surface area contributed by atoms with Gasteiger partial charge in [-0.1, -0.05) is 19.1 Å². The number of benzene rings is 1. The summed E-state index contributed by atoms with van der Waals surface area (Å²) in [4.78, 5) is 12.4. The minimum atomic E-state index is -0.970. The zero-order valence-corrected chi connectivity index (χ0v) is 12.2. The van der Waals surface area contributed by atoms with Crippen molar-refractivity contribution in [1.29, 1.82) is 0 Å². The second-order valence-corrected chi connectivity index (χ2v) is 4.41. The molecule has 1 aromatic rings. The van der Waals surface area contributed by atoms with Crippen LogP contribution in [0.15, 0.2) is 24.3 Å². The molecule has 1 unspecified atom stereocenters. The van der Waals surface area contributed by atoms with E-state index in [-0.39, 0.29) is 11.8 Å². The predicted octanol–water partition coefficient (Wildman–Crippen LogP) is 2.23. The van der Waals surface area contributed by atoms with E-state index in [4.69, 9.17) is 9.47 Å². The lowest BCUT2D eigenvalue weighted by atomic mass is 9.87. The molecule has 0 amide bonds. The molecule has 0 saturated heterocycles. The molecular weight excluding hydrogens is 261 g/mol. The zero-order chi connectivity index (χ0) is 15.0. The highest BCUT2D eigenvalue weighted by atomic mass is 19.1. The fourth-order valence-electron chi connectivity index (χ4n) is 2.12. The van der Waals surface area contributed by atoms with Gasteiger partial charge in [-0.25, -0.2) is 9.18 Å². The molecule has 4 nitrogen and oxygen atoms in total. The monoisotopic (exact) mass is 283 g/mol. The normalized spacial score (nSPS) is 13.8. The molecule has 112 valence electrons. The van der Waals surface area contributed by atoms with E-state index in [9.17, 15) is 9.18 Å². The van der Waals surface area contributed by atoms with Crippen LogP contribution in [0.1, 0.15) is 25.8 Å². The summed E-state index contributed by atoms with van der Waals surface area (Å²) < 4.78 is 23.3. The Morgan fingerprint density at radius 2 is 1.95 bits per heavy atom. The largest absolute Gasteiger partial charge is 0.464 e. The fourth-order valence-corrected chi connectivity index (χ4v) is 2.12. The number of methoxy groups -OCH3 is 1. The van der Waals surface area contributed by atoms with Gasteiger partial charge in [-0.05, 0) is 31.0 Å². The molecular formula is C15H22FNO3. The molecule has 0 spiro atoms. The Kier molecular flexibility index (Phi) is 6.61. The Morgan fingerprint density at radius 1 is 1.30 bits per heavy atom. The van der Waals surface area contributed by atoms with Gasteiger partial charge in [-0.3, -0.25) is 5.32 Å². The number of esters is 1. The van der Waals surface area contributed by atoms with Crippen molar-refractivity contribution < 1.29 is 18.7 Å².